The van der Waals surface area contributed by atoms with E-state index in [0.717, 1.165) is 34.2 Å². The molecular formula is C49H55N13O14. The maximum absolute atomic E-state index is 12.3. The summed E-state index contributed by atoms with van der Waals surface area (Å²) in [6.07, 6.45) is -1.05. The number of methoxy groups -OCH3 is 1. The fraction of sp³-hybridized carbons (Fsp3) is 0.306. The first kappa shape index (κ1) is 56.1. The van der Waals surface area contributed by atoms with E-state index in [2.05, 4.69) is 55.8 Å². The molecular weight excluding hydrogens is 995 g/mol. The quantitative estimate of drug-likeness (QED) is 0.0506. The monoisotopic (exact) mass is 1050 g/mol. The average Bonchev–Trinajstić information content (AvgIpc) is 3.79. The van der Waals surface area contributed by atoms with Crippen LogP contribution in [0.1, 0.15) is 52.5 Å². The van der Waals surface area contributed by atoms with Crippen LogP contribution < -0.4 is 43.2 Å². The first-order valence-electron chi connectivity index (χ1n) is 23.2. The molecule has 0 saturated carbocycles. The zero-order valence-electron chi connectivity index (χ0n) is 41.3. The van der Waals surface area contributed by atoms with Gasteiger partial charge in [-0.25, -0.2) is 24.5 Å². The van der Waals surface area contributed by atoms with Gasteiger partial charge in [0.1, 0.15) is 30.1 Å². The van der Waals surface area contributed by atoms with Crippen molar-refractivity contribution in [1.29, 1.82) is 0 Å². The fourth-order valence-corrected chi connectivity index (χ4v) is 7.51. The van der Waals surface area contributed by atoms with Gasteiger partial charge in [-0.3, -0.25) is 33.9 Å². The molecule has 5 heterocycles. The third-order valence-corrected chi connectivity index (χ3v) is 11.7. The summed E-state index contributed by atoms with van der Waals surface area (Å²) in [4.78, 5) is 109. The topological polar surface area (TPSA) is 429 Å². The Morgan fingerprint density at radius 1 is 0.882 bits per heavy atom. The zero-order valence-corrected chi connectivity index (χ0v) is 41.3. The number of amides is 2. The number of aryl methyl sites for hydroxylation is 2. The minimum Gasteiger partial charge on any atom is -0.497 e. The van der Waals surface area contributed by atoms with E-state index >= 15 is 0 Å². The van der Waals surface area contributed by atoms with Crippen molar-refractivity contribution in [2.45, 2.75) is 77.5 Å². The number of anilines is 2. The lowest BCUT2D eigenvalue weighted by atomic mass is 10.1. The number of aromatic amines is 3. The molecule has 14 N–H and O–H groups in total. The first-order chi connectivity index (χ1) is 36.1. The standard InChI is InChI=1S/C19H19N7O6.C17H20N4O6.C13H16N2O2/c20-19-25-15-14(17(30)26-19)23-11(8-22-15)7-21-10-3-1-9(2-4-10)16(29)24-12(18(31)32)5-6-13(27)28;1-7-3-9-10(4-8(7)2)21(5-11(23)14(25)12(24)6-22)15-13(18-9)16(26)20-17(27)19-15;1-9(16)14-6-5-10-8-15-13-4-3-11(17-2)7-12(10)13/h1-4,8,12,21H,5-7H2,(H,24,29)(H,27,28)(H,31,32)(H3,20,22,25,26,30);3-4,11-12,14,22-25H,5-6H2,1-2H3,(H,20,26,27);3-4,7-8,15H,5-6H2,1-2H3,(H,14,16)/t12-;11-,12+,14-;/m00./s1. The Balaban J connectivity index is 0.000000193. The van der Waals surface area contributed by atoms with Gasteiger partial charge in [-0.05, 0) is 98.0 Å². The molecule has 3 aromatic carbocycles. The molecule has 2 amide bonds. The summed E-state index contributed by atoms with van der Waals surface area (Å²) in [6.45, 7) is 5.14. The highest BCUT2D eigenvalue weighted by atomic mass is 16.5. The summed E-state index contributed by atoms with van der Waals surface area (Å²) in [7, 11) is 1.66. The second-order valence-electron chi connectivity index (χ2n) is 17.2. The molecule has 0 unspecified atom stereocenters. The molecule has 0 fully saturated rings. The lowest BCUT2D eigenvalue weighted by molar-refractivity contribution is -0.140. The van der Waals surface area contributed by atoms with Crippen LogP contribution in [-0.2, 0) is 33.9 Å². The van der Waals surface area contributed by atoms with Crippen LogP contribution in [0.2, 0.25) is 0 Å². The number of nitrogens with one attached hydrogen (secondary N) is 6. The summed E-state index contributed by atoms with van der Waals surface area (Å²) in [6, 6.07) is 14.3. The number of rotatable bonds is 18. The summed E-state index contributed by atoms with van der Waals surface area (Å²) >= 11 is 0. The van der Waals surface area contributed by atoms with Crippen LogP contribution in [0.4, 0.5) is 11.6 Å². The SMILES string of the molecule is COc1ccc2[nH]cc(CCNC(C)=O)c2c1.Cc1cc2nc3c(=O)[nH]c(=O)nc-3n(C[C@H](O)[C@H](O)[C@H](O)CO)c2cc1C.Nc1nc2ncc(CNc3ccc(C(=O)N[C@@H](CCC(=O)O)C(=O)O)cc3)nc2c(=O)[nH]1. The number of aliphatic hydroxyl groups is 4. The van der Waals surface area contributed by atoms with E-state index in [4.69, 9.17) is 25.8 Å². The predicted molar refractivity (Wildman–Crippen MR) is 275 cm³/mol. The number of nitrogens with two attached hydrogens (primary N) is 1. The summed E-state index contributed by atoms with van der Waals surface area (Å²) in [5, 5.41) is 65.9. The number of H-pyrrole nitrogens is 3. The Morgan fingerprint density at radius 2 is 1.61 bits per heavy atom. The number of hydrogen-bond donors (Lipinski definition) is 13. The molecule has 0 aliphatic carbocycles. The van der Waals surface area contributed by atoms with Crippen LogP contribution in [0, 0.1) is 13.8 Å². The number of benzene rings is 3. The smallest absolute Gasteiger partial charge is 0.349 e. The minimum absolute atomic E-state index is 0.00224. The van der Waals surface area contributed by atoms with Gasteiger partial charge in [0, 0.05) is 48.2 Å². The second-order valence-corrected chi connectivity index (χ2v) is 17.2. The summed E-state index contributed by atoms with van der Waals surface area (Å²) < 4.78 is 6.61. The molecule has 4 atom stereocenters. The Bertz CT molecular complexity index is 3540. The molecule has 3 aromatic heterocycles. The number of ether oxygens (including phenoxy) is 1. The van der Waals surface area contributed by atoms with Crippen molar-refractivity contribution in [3.05, 3.63) is 126 Å². The number of carbonyl (C=O) groups is 4. The predicted octanol–water partition coefficient (Wildman–Crippen LogP) is 0.0867. The van der Waals surface area contributed by atoms with Crippen molar-refractivity contribution in [2.75, 3.05) is 31.3 Å². The van der Waals surface area contributed by atoms with E-state index in [0.29, 0.717) is 29.0 Å². The lowest BCUT2D eigenvalue weighted by Crippen LogP contribution is -2.42. The number of aromatic nitrogens is 9. The average molecular weight is 1050 g/mol. The maximum atomic E-state index is 12.3. The van der Waals surface area contributed by atoms with Crippen molar-refractivity contribution in [3.8, 4) is 17.3 Å². The van der Waals surface area contributed by atoms with E-state index in [-0.39, 0.29) is 66.0 Å². The van der Waals surface area contributed by atoms with Crippen molar-refractivity contribution in [2.24, 2.45) is 0 Å². The molecule has 27 heteroatoms. The molecule has 0 spiro atoms. The lowest BCUT2D eigenvalue weighted by Gasteiger charge is -2.25. The number of hydrogen-bond acceptors (Lipinski definition) is 19. The molecule has 0 saturated heterocycles. The number of carboxylic acids is 2. The molecule has 2 aliphatic rings. The van der Waals surface area contributed by atoms with Gasteiger partial charge in [-0.2, -0.15) is 9.97 Å². The molecule has 400 valence electrons. The molecule has 27 nitrogen and oxygen atoms in total. The molecule has 6 aromatic rings. The van der Waals surface area contributed by atoms with Crippen LogP contribution in [0.3, 0.4) is 0 Å². The Hall–Kier alpha value is -9.18. The highest BCUT2D eigenvalue weighted by Gasteiger charge is 2.28. The van der Waals surface area contributed by atoms with Gasteiger partial charge in [-0.15, -0.1) is 0 Å². The highest BCUT2D eigenvalue weighted by Crippen LogP contribution is 2.26. The number of nitrogens with zero attached hydrogens (tertiary/aromatic N) is 6. The number of aliphatic carboxylic acids is 2. The summed E-state index contributed by atoms with van der Waals surface area (Å²) in [5.74, 6) is -2.36. The Labute approximate surface area is 429 Å². The van der Waals surface area contributed by atoms with Gasteiger partial charge in [0.2, 0.25) is 11.9 Å². The number of fused-ring (bicyclic) bond motifs is 4. The van der Waals surface area contributed by atoms with Gasteiger partial charge in [0.15, 0.2) is 22.7 Å². The number of carboxylic acid groups (broad SMARTS) is 2. The third kappa shape index (κ3) is 14.3. The van der Waals surface area contributed by atoms with Crippen LogP contribution in [-0.4, -0.2) is 143 Å². The molecule has 76 heavy (non-hydrogen) atoms. The minimum atomic E-state index is -1.64. The molecule has 0 radical (unpaired) electrons. The molecule has 0 bridgehead atoms. The normalized spacial score (nSPS) is 12.6. The van der Waals surface area contributed by atoms with Crippen LogP contribution in [0.15, 0.2) is 81.4 Å². The first-order valence-corrected chi connectivity index (χ1v) is 23.2. The zero-order chi connectivity index (χ0) is 55.4. The van der Waals surface area contributed by atoms with Crippen LogP contribution in [0.25, 0.3) is 44.6 Å². The van der Waals surface area contributed by atoms with E-state index < -0.39 is 65.6 Å². The number of nitrogen functional groups attached to an aromatic ring is 1. The largest absolute Gasteiger partial charge is 0.497 e. The number of aliphatic hydroxyl groups excluding tert-OH is 4. The van der Waals surface area contributed by atoms with Crippen molar-refractivity contribution in [1.82, 2.24) is 55.1 Å². The van der Waals surface area contributed by atoms with E-state index in [1.807, 2.05) is 38.2 Å². The van der Waals surface area contributed by atoms with Gasteiger partial charge < -0.3 is 66.6 Å². The highest BCUT2D eigenvalue weighted by molar-refractivity contribution is 5.97. The number of carbonyl (C=O) groups excluding carboxylic acids is 2. The second kappa shape index (κ2) is 25.2. The van der Waals surface area contributed by atoms with E-state index in [9.17, 15) is 48.9 Å². The fourth-order valence-electron chi connectivity index (χ4n) is 7.51. The third-order valence-electron chi connectivity index (χ3n) is 11.7. The van der Waals surface area contributed by atoms with E-state index in [1.54, 1.807) is 31.4 Å². The van der Waals surface area contributed by atoms with Gasteiger partial charge >= 0.3 is 17.6 Å². The van der Waals surface area contributed by atoms with Gasteiger partial charge in [0.25, 0.3) is 17.0 Å². The maximum Gasteiger partial charge on any atom is 0.349 e. The molecule has 2 aliphatic heterocycles. The van der Waals surface area contributed by atoms with Gasteiger partial charge in [-0.1, -0.05) is 0 Å². The van der Waals surface area contributed by atoms with Crippen molar-refractivity contribution >= 4 is 68.5 Å². The summed E-state index contributed by atoms with van der Waals surface area (Å²) in [5.41, 5.74) is 9.86. The van der Waals surface area contributed by atoms with Crippen LogP contribution >= 0.6 is 0 Å². The van der Waals surface area contributed by atoms with E-state index in [1.165, 1.54) is 35.4 Å². The van der Waals surface area contributed by atoms with Crippen molar-refractivity contribution in [3.63, 3.8) is 0 Å². The Morgan fingerprint density at radius 3 is 2.28 bits per heavy atom. The van der Waals surface area contributed by atoms with Crippen LogP contribution in [0.5, 0.6) is 5.75 Å². The van der Waals surface area contributed by atoms with Gasteiger partial charge in [0.05, 0.1) is 49.7 Å². The molecule has 8 rings (SSSR count). The Kier molecular flexibility index (Phi) is 18.6. The van der Waals surface area contributed by atoms with Crippen molar-refractivity contribution < 1.29 is 54.6 Å².